The van der Waals surface area contributed by atoms with Gasteiger partial charge in [-0.25, -0.2) is 0 Å². The van der Waals surface area contributed by atoms with Gasteiger partial charge in [0.05, 0.1) is 6.54 Å². The second-order valence-electron chi connectivity index (χ2n) is 3.79. The Balaban J connectivity index is 2.16. The van der Waals surface area contributed by atoms with Gasteiger partial charge in [0.2, 0.25) is 16.3 Å². The summed E-state index contributed by atoms with van der Waals surface area (Å²) in [5.41, 5.74) is 0. The molecule has 0 saturated carbocycles. The van der Waals surface area contributed by atoms with E-state index in [2.05, 4.69) is 10.2 Å². The molecule has 1 saturated heterocycles. The molecule has 2 rings (SSSR count). The number of amides is 2. The molecule has 2 amide bonds. The van der Waals surface area contributed by atoms with Gasteiger partial charge in [0.1, 0.15) is 5.01 Å². The molecule has 1 aromatic rings. The fourth-order valence-corrected chi connectivity index (χ4v) is 2.47. The Morgan fingerprint density at radius 2 is 1.81 bits per heavy atom. The molecule has 2 unspecified atom stereocenters. The molecule has 2 atom stereocenters. The molecular weight excluding hydrogens is 250 g/mol. The van der Waals surface area contributed by atoms with E-state index < -0.39 is 0 Å². The van der Waals surface area contributed by atoms with E-state index in [4.69, 9.17) is 11.6 Å². The number of hydrogen-bond acceptors (Lipinski definition) is 5. The van der Waals surface area contributed by atoms with Crippen LogP contribution < -0.4 is 0 Å². The highest BCUT2D eigenvalue weighted by Crippen LogP contribution is 2.27. The molecule has 1 aliphatic rings. The predicted octanol–water partition coefficient (Wildman–Crippen LogP) is 1.33. The van der Waals surface area contributed by atoms with Crippen LogP contribution >= 0.6 is 22.9 Å². The summed E-state index contributed by atoms with van der Waals surface area (Å²) in [5, 5.41) is 8.00. The summed E-state index contributed by atoms with van der Waals surface area (Å²) in [6, 6.07) is 0. The summed E-state index contributed by atoms with van der Waals surface area (Å²) in [7, 11) is 0. The molecule has 16 heavy (non-hydrogen) atoms. The van der Waals surface area contributed by atoms with Crippen LogP contribution in [-0.4, -0.2) is 26.9 Å². The summed E-state index contributed by atoms with van der Waals surface area (Å²) in [5.74, 6) is -0.806. The van der Waals surface area contributed by atoms with E-state index in [-0.39, 0.29) is 30.2 Å². The largest absolute Gasteiger partial charge is 0.275 e. The highest BCUT2D eigenvalue weighted by molar-refractivity contribution is 7.15. The Hall–Kier alpha value is -1.01. The Morgan fingerprint density at radius 1 is 1.25 bits per heavy atom. The second kappa shape index (κ2) is 4.10. The molecule has 2 heterocycles. The number of aromatic nitrogens is 2. The van der Waals surface area contributed by atoms with Crippen LogP contribution in [0.5, 0.6) is 0 Å². The normalized spacial score (nSPS) is 25.6. The first-order chi connectivity index (χ1) is 7.50. The van der Waals surface area contributed by atoms with Gasteiger partial charge >= 0.3 is 0 Å². The third kappa shape index (κ3) is 1.82. The summed E-state index contributed by atoms with van der Waals surface area (Å²) in [4.78, 5) is 24.8. The Kier molecular flexibility index (Phi) is 2.94. The lowest BCUT2D eigenvalue weighted by Gasteiger charge is -2.11. The maximum Gasteiger partial charge on any atom is 0.233 e. The monoisotopic (exact) mass is 259 g/mol. The van der Waals surface area contributed by atoms with Crippen LogP contribution in [0, 0.1) is 11.8 Å². The minimum atomic E-state index is -0.254. The van der Waals surface area contributed by atoms with Crippen LogP contribution in [-0.2, 0) is 16.1 Å². The lowest BCUT2D eigenvalue weighted by Crippen LogP contribution is -2.30. The summed E-state index contributed by atoms with van der Waals surface area (Å²) in [6.07, 6.45) is 0. The zero-order chi connectivity index (χ0) is 11.9. The lowest BCUT2D eigenvalue weighted by atomic mass is 10.00. The van der Waals surface area contributed by atoms with Crippen LogP contribution in [0.2, 0.25) is 4.47 Å². The van der Waals surface area contributed by atoms with E-state index in [0.29, 0.717) is 9.47 Å². The third-order valence-corrected chi connectivity index (χ3v) is 3.80. The molecule has 86 valence electrons. The van der Waals surface area contributed by atoms with Crippen LogP contribution in [0.25, 0.3) is 0 Å². The smallest absolute Gasteiger partial charge is 0.233 e. The molecule has 0 spiro atoms. The van der Waals surface area contributed by atoms with Crippen LogP contribution in [0.4, 0.5) is 0 Å². The molecule has 1 aromatic heterocycles. The van der Waals surface area contributed by atoms with Crippen molar-refractivity contribution < 1.29 is 9.59 Å². The van der Waals surface area contributed by atoms with Crippen molar-refractivity contribution in [2.24, 2.45) is 11.8 Å². The van der Waals surface area contributed by atoms with Gasteiger partial charge in [-0.1, -0.05) is 25.2 Å². The minimum Gasteiger partial charge on any atom is -0.275 e. The predicted molar refractivity (Wildman–Crippen MR) is 58.8 cm³/mol. The average molecular weight is 260 g/mol. The van der Waals surface area contributed by atoms with Crippen molar-refractivity contribution in [1.82, 2.24) is 15.1 Å². The lowest BCUT2D eigenvalue weighted by molar-refractivity contribution is -0.140. The van der Waals surface area contributed by atoms with Crippen molar-refractivity contribution in [3.05, 3.63) is 9.47 Å². The van der Waals surface area contributed by atoms with Gasteiger partial charge in [-0.3, -0.25) is 14.5 Å². The number of imide groups is 1. The number of nitrogens with zero attached hydrogens (tertiary/aromatic N) is 3. The molecule has 0 radical (unpaired) electrons. The van der Waals surface area contributed by atoms with E-state index in [1.54, 1.807) is 13.8 Å². The molecule has 1 fully saturated rings. The number of hydrogen-bond donors (Lipinski definition) is 0. The molecule has 0 bridgehead atoms. The highest BCUT2D eigenvalue weighted by Gasteiger charge is 2.42. The molecule has 0 aliphatic carbocycles. The van der Waals surface area contributed by atoms with Crippen molar-refractivity contribution in [1.29, 1.82) is 0 Å². The SMILES string of the molecule is CC1C(=O)N(Cc2nnc(Cl)s2)C(=O)C1C. The molecule has 0 N–H and O–H groups in total. The van der Waals surface area contributed by atoms with Crippen molar-refractivity contribution in [2.45, 2.75) is 20.4 Å². The van der Waals surface area contributed by atoms with E-state index >= 15 is 0 Å². The Morgan fingerprint density at radius 3 is 2.25 bits per heavy atom. The zero-order valence-corrected chi connectivity index (χ0v) is 10.4. The van der Waals surface area contributed by atoms with Crippen LogP contribution in [0.3, 0.4) is 0 Å². The number of carbonyl (C=O) groups excluding carboxylic acids is 2. The highest BCUT2D eigenvalue weighted by atomic mass is 35.5. The van der Waals surface area contributed by atoms with E-state index in [0.717, 1.165) is 0 Å². The first-order valence-corrected chi connectivity index (χ1v) is 6.03. The average Bonchev–Trinajstić information content (AvgIpc) is 2.73. The summed E-state index contributed by atoms with van der Waals surface area (Å²) in [6.45, 7) is 3.70. The van der Waals surface area contributed by atoms with Gasteiger partial charge < -0.3 is 0 Å². The van der Waals surface area contributed by atoms with Gasteiger partial charge in [-0.15, -0.1) is 10.2 Å². The number of likely N-dealkylation sites (tertiary alicyclic amines) is 1. The van der Waals surface area contributed by atoms with E-state index in [9.17, 15) is 9.59 Å². The first kappa shape index (κ1) is 11.5. The topological polar surface area (TPSA) is 63.2 Å². The number of halogens is 1. The fraction of sp³-hybridized carbons (Fsp3) is 0.556. The van der Waals surface area contributed by atoms with Crippen LogP contribution in [0.15, 0.2) is 0 Å². The van der Waals surface area contributed by atoms with Crippen molar-refractivity contribution >= 4 is 34.8 Å². The molecule has 1 aliphatic heterocycles. The molecule has 5 nitrogen and oxygen atoms in total. The quantitative estimate of drug-likeness (QED) is 0.752. The van der Waals surface area contributed by atoms with Gasteiger partial charge in [-0.05, 0) is 11.6 Å². The zero-order valence-electron chi connectivity index (χ0n) is 8.81. The minimum absolute atomic E-state index is 0.149. The van der Waals surface area contributed by atoms with Crippen LogP contribution in [0.1, 0.15) is 18.9 Å². The number of rotatable bonds is 2. The first-order valence-electron chi connectivity index (χ1n) is 4.84. The standard InChI is InChI=1S/C9H10ClN3O2S/c1-4-5(2)8(15)13(7(4)14)3-6-11-12-9(10)16-6/h4-5H,3H2,1-2H3. The Bertz CT molecular complexity index is 428. The van der Waals surface area contributed by atoms with Gasteiger partial charge in [0, 0.05) is 11.8 Å². The number of carbonyl (C=O) groups is 2. The Labute approximate surface area is 101 Å². The van der Waals surface area contributed by atoms with E-state index in [1.165, 1.54) is 16.2 Å². The van der Waals surface area contributed by atoms with Crippen molar-refractivity contribution in [2.75, 3.05) is 0 Å². The van der Waals surface area contributed by atoms with Gasteiger partial charge in [0.25, 0.3) is 0 Å². The molecular formula is C9H10ClN3O2S. The van der Waals surface area contributed by atoms with Gasteiger partial charge in [-0.2, -0.15) is 0 Å². The third-order valence-electron chi connectivity index (χ3n) is 2.80. The second-order valence-corrected chi connectivity index (χ2v) is 5.43. The molecule has 7 heteroatoms. The van der Waals surface area contributed by atoms with Crippen molar-refractivity contribution in [3.8, 4) is 0 Å². The van der Waals surface area contributed by atoms with E-state index in [1.807, 2.05) is 0 Å². The van der Waals surface area contributed by atoms with Crippen molar-refractivity contribution in [3.63, 3.8) is 0 Å². The van der Waals surface area contributed by atoms with Gasteiger partial charge in [0.15, 0.2) is 0 Å². The summed E-state index contributed by atoms with van der Waals surface area (Å²) >= 11 is 6.81. The summed E-state index contributed by atoms with van der Waals surface area (Å²) < 4.78 is 0.315. The molecule has 0 aromatic carbocycles. The maximum atomic E-state index is 11.8. The fourth-order valence-electron chi connectivity index (χ4n) is 1.62. The maximum absolute atomic E-state index is 11.8.